The third-order valence-electron chi connectivity index (χ3n) is 3.85. The number of aliphatic hydroxyl groups is 1. The van der Waals surface area contributed by atoms with E-state index in [1.165, 1.54) is 12.0 Å². The minimum Gasteiger partial charge on any atom is -0.394 e. The molecule has 106 valence electrons. The van der Waals surface area contributed by atoms with Crippen molar-refractivity contribution in [3.63, 3.8) is 0 Å². The van der Waals surface area contributed by atoms with E-state index in [0.717, 1.165) is 25.3 Å². The van der Waals surface area contributed by atoms with Crippen molar-refractivity contribution in [1.29, 1.82) is 0 Å². The van der Waals surface area contributed by atoms with Crippen LogP contribution in [0.1, 0.15) is 30.3 Å². The molecule has 1 saturated heterocycles. The summed E-state index contributed by atoms with van der Waals surface area (Å²) >= 11 is 0. The summed E-state index contributed by atoms with van der Waals surface area (Å²) in [5.74, 6) is 0.979. The number of rotatable bonds is 5. The van der Waals surface area contributed by atoms with Crippen molar-refractivity contribution >= 4 is 0 Å². The van der Waals surface area contributed by atoms with Crippen LogP contribution < -0.4 is 0 Å². The van der Waals surface area contributed by atoms with E-state index in [0.29, 0.717) is 12.6 Å². The molecule has 1 fully saturated rings. The third-order valence-corrected chi connectivity index (χ3v) is 3.85. The summed E-state index contributed by atoms with van der Waals surface area (Å²) in [6.07, 6.45) is 3.88. The molecule has 3 rings (SSSR count). The van der Waals surface area contributed by atoms with Gasteiger partial charge in [0, 0.05) is 6.54 Å². The smallest absolute Gasteiger partial charge is 0.144 e. The molecule has 0 unspecified atom stereocenters. The second kappa shape index (κ2) is 6.15. The van der Waals surface area contributed by atoms with Crippen molar-refractivity contribution in [3.05, 3.63) is 48.0 Å². The van der Waals surface area contributed by atoms with E-state index in [1.807, 2.05) is 10.7 Å². The Morgan fingerprint density at radius 3 is 2.90 bits per heavy atom. The van der Waals surface area contributed by atoms with Gasteiger partial charge in [-0.25, -0.2) is 9.67 Å². The molecule has 1 aliphatic rings. The van der Waals surface area contributed by atoms with Crippen LogP contribution in [0.15, 0.2) is 36.7 Å². The number of nitrogens with zero attached hydrogens (tertiary/aromatic N) is 4. The Kier molecular flexibility index (Phi) is 4.08. The highest BCUT2D eigenvalue weighted by molar-refractivity contribution is 5.15. The van der Waals surface area contributed by atoms with Crippen LogP contribution in [0, 0.1) is 0 Å². The second-order valence-electron chi connectivity index (χ2n) is 5.18. The van der Waals surface area contributed by atoms with Crippen molar-refractivity contribution < 1.29 is 5.11 Å². The van der Waals surface area contributed by atoms with Gasteiger partial charge in [-0.2, -0.15) is 5.10 Å². The Labute approximate surface area is 118 Å². The number of hydrogen-bond acceptors (Lipinski definition) is 4. The predicted octanol–water partition coefficient (Wildman–Crippen LogP) is 1.61. The summed E-state index contributed by atoms with van der Waals surface area (Å²) in [4.78, 5) is 6.86. The fraction of sp³-hybridized carbons (Fsp3) is 0.467. The van der Waals surface area contributed by atoms with Crippen LogP contribution in [-0.2, 0) is 13.1 Å². The number of benzene rings is 1. The molecule has 1 atom stereocenters. The molecular weight excluding hydrogens is 252 g/mol. The SMILES string of the molecule is OCCn1ncnc1[C@@H]1CCCN1Cc1ccccc1. The average Bonchev–Trinajstić information content (AvgIpc) is 3.09. The molecule has 1 N–H and O–H groups in total. The first-order valence-corrected chi connectivity index (χ1v) is 7.15. The first kappa shape index (κ1) is 13.3. The van der Waals surface area contributed by atoms with Gasteiger partial charge in [-0.3, -0.25) is 4.90 Å². The van der Waals surface area contributed by atoms with Crippen molar-refractivity contribution in [2.75, 3.05) is 13.2 Å². The molecular formula is C15H20N4O. The van der Waals surface area contributed by atoms with Crippen molar-refractivity contribution in [2.24, 2.45) is 0 Å². The molecule has 5 heteroatoms. The predicted molar refractivity (Wildman–Crippen MR) is 75.9 cm³/mol. The summed E-state index contributed by atoms with van der Waals surface area (Å²) in [5, 5.41) is 13.3. The van der Waals surface area contributed by atoms with Gasteiger partial charge in [0.15, 0.2) is 0 Å². The summed E-state index contributed by atoms with van der Waals surface area (Å²) < 4.78 is 1.83. The monoisotopic (exact) mass is 272 g/mol. The van der Waals surface area contributed by atoms with Gasteiger partial charge in [0.05, 0.1) is 19.2 Å². The fourth-order valence-corrected chi connectivity index (χ4v) is 2.92. The quantitative estimate of drug-likeness (QED) is 0.898. The molecule has 0 radical (unpaired) electrons. The number of aromatic nitrogens is 3. The highest BCUT2D eigenvalue weighted by Gasteiger charge is 2.29. The summed E-state index contributed by atoms with van der Waals surface area (Å²) in [6, 6.07) is 10.8. The highest BCUT2D eigenvalue weighted by atomic mass is 16.3. The molecule has 0 saturated carbocycles. The lowest BCUT2D eigenvalue weighted by molar-refractivity contribution is 0.222. The normalized spacial score (nSPS) is 19.6. The highest BCUT2D eigenvalue weighted by Crippen LogP contribution is 2.31. The van der Waals surface area contributed by atoms with E-state index in [4.69, 9.17) is 5.11 Å². The lowest BCUT2D eigenvalue weighted by Crippen LogP contribution is -2.26. The van der Waals surface area contributed by atoms with Crippen LogP contribution in [0.4, 0.5) is 0 Å². The number of aliphatic hydroxyl groups excluding tert-OH is 1. The van der Waals surface area contributed by atoms with Crippen LogP contribution in [0.5, 0.6) is 0 Å². The van der Waals surface area contributed by atoms with Gasteiger partial charge in [0.25, 0.3) is 0 Å². The topological polar surface area (TPSA) is 54.2 Å². The van der Waals surface area contributed by atoms with Gasteiger partial charge in [-0.15, -0.1) is 0 Å². The standard InChI is InChI=1S/C15H20N4O/c20-10-9-19-15(16-12-17-19)14-7-4-8-18(14)11-13-5-2-1-3-6-13/h1-3,5-6,12,14,20H,4,7-11H2/t14-/m0/s1. The minimum absolute atomic E-state index is 0.0990. The summed E-state index contributed by atoms with van der Waals surface area (Å²) in [6.45, 7) is 2.65. The lowest BCUT2D eigenvalue weighted by Gasteiger charge is -2.24. The molecule has 0 bridgehead atoms. The van der Waals surface area contributed by atoms with E-state index >= 15 is 0 Å². The van der Waals surface area contributed by atoms with Gasteiger partial charge < -0.3 is 5.11 Å². The van der Waals surface area contributed by atoms with Gasteiger partial charge in [0.1, 0.15) is 12.2 Å². The van der Waals surface area contributed by atoms with Crippen molar-refractivity contribution in [1.82, 2.24) is 19.7 Å². The molecule has 2 aromatic rings. The Morgan fingerprint density at radius 1 is 1.25 bits per heavy atom. The molecule has 2 heterocycles. The molecule has 0 aliphatic carbocycles. The van der Waals surface area contributed by atoms with E-state index in [-0.39, 0.29) is 6.61 Å². The van der Waals surface area contributed by atoms with E-state index in [2.05, 4.69) is 39.2 Å². The molecule has 20 heavy (non-hydrogen) atoms. The first-order valence-electron chi connectivity index (χ1n) is 7.15. The minimum atomic E-state index is 0.0990. The van der Waals surface area contributed by atoms with E-state index in [9.17, 15) is 0 Å². The zero-order chi connectivity index (χ0) is 13.8. The fourth-order valence-electron chi connectivity index (χ4n) is 2.92. The molecule has 0 amide bonds. The van der Waals surface area contributed by atoms with Crippen LogP contribution in [0.3, 0.4) is 0 Å². The average molecular weight is 272 g/mol. The molecule has 0 spiro atoms. The lowest BCUT2D eigenvalue weighted by atomic mass is 10.1. The zero-order valence-corrected chi connectivity index (χ0v) is 11.5. The van der Waals surface area contributed by atoms with Crippen LogP contribution in [0.2, 0.25) is 0 Å². The first-order chi connectivity index (χ1) is 9.88. The molecule has 5 nitrogen and oxygen atoms in total. The van der Waals surface area contributed by atoms with Crippen LogP contribution >= 0.6 is 0 Å². The maximum absolute atomic E-state index is 9.10. The van der Waals surface area contributed by atoms with Gasteiger partial charge in [0.2, 0.25) is 0 Å². The number of hydrogen-bond donors (Lipinski definition) is 1. The Hall–Kier alpha value is -1.72. The van der Waals surface area contributed by atoms with Gasteiger partial charge in [-0.05, 0) is 24.9 Å². The molecule has 1 aliphatic heterocycles. The van der Waals surface area contributed by atoms with Crippen molar-refractivity contribution in [2.45, 2.75) is 32.0 Å². The van der Waals surface area contributed by atoms with Crippen molar-refractivity contribution in [3.8, 4) is 0 Å². The third kappa shape index (κ3) is 2.73. The Balaban J connectivity index is 1.76. The molecule has 1 aromatic carbocycles. The van der Waals surface area contributed by atoms with Crippen LogP contribution in [0.25, 0.3) is 0 Å². The van der Waals surface area contributed by atoms with Gasteiger partial charge in [-0.1, -0.05) is 30.3 Å². The molecule has 1 aromatic heterocycles. The Morgan fingerprint density at radius 2 is 2.10 bits per heavy atom. The van der Waals surface area contributed by atoms with Crippen LogP contribution in [-0.4, -0.2) is 37.9 Å². The zero-order valence-electron chi connectivity index (χ0n) is 11.5. The maximum Gasteiger partial charge on any atom is 0.144 e. The summed E-state index contributed by atoms with van der Waals surface area (Å²) in [5.41, 5.74) is 1.33. The summed E-state index contributed by atoms with van der Waals surface area (Å²) in [7, 11) is 0. The number of likely N-dealkylation sites (tertiary alicyclic amines) is 1. The maximum atomic E-state index is 9.10. The Bertz CT molecular complexity index is 540. The largest absolute Gasteiger partial charge is 0.394 e. The van der Waals surface area contributed by atoms with Gasteiger partial charge >= 0.3 is 0 Å². The van der Waals surface area contributed by atoms with E-state index in [1.54, 1.807) is 6.33 Å². The van der Waals surface area contributed by atoms with E-state index < -0.39 is 0 Å². The second-order valence-corrected chi connectivity index (χ2v) is 5.18.